The van der Waals surface area contributed by atoms with Gasteiger partial charge in [-0.25, -0.2) is 0 Å². The standard InChI is InChI=1S/C21H24.C14H21N/c1-14-11-17-13-21(3)15(2)9-10-18(21)12-19(17)20(14)16-7-5-4-6-8-16;1-3-12-6-4-5-7-13(12)8-11-15-14(2)9-10-14/h4-8,11-12,15,20H,9-10,13H2,1-3H3;4-7,15H,3,8-11H2,1-2H3. The summed E-state index contributed by atoms with van der Waals surface area (Å²) in [6.45, 7) is 12.9. The van der Waals surface area contributed by atoms with E-state index in [0.29, 0.717) is 16.9 Å². The van der Waals surface area contributed by atoms with E-state index in [4.69, 9.17) is 0 Å². The largest absolute Gasteiger partial charge is 0.311 e. The Morgan fingerprint density at radius 1 is 0.917 bits per heavy atom. The topological polar surface area (TPSA) is 12.0 Å². The minimum atomic E-state index is 0.418. The summed E-state index contributed by atoms with van der Waals surface area (Å²) in [7, 11) is 0. The van der Waals surface area contributed by atoms with Crippen molar-refractivity contribution in [2.45, 2.75) is 91.0 Å². The highest BCUT2D eigenvalue weighted by Crippen LogP contribution is 2.57. The SMILES string of the molecule is CC1=CC2=C(C=C3CCC(C)C3(C)C2)C1c1ccccc1.CCc1ccccc1CCNC1(C)CC1. The number of benzene rings is 2. The van der Waals surface area contributed by atoms with E-state index in [9.17, 15) is 0 Å². The van der Waals surface area contributed by atoms with Crippen LogP contribution in [0.2, 0.25) is 0 Å². The molecule has 1 nitrogen and oxygen atoms in total. The van der Waals surface area contributed by atoms with Gasteiger partial charge in [-0.1, -0.05) is 98.7 Å². The van der Waals surface area contributed by atoms with Crippen LogP contribution in [0.15, 0.2) is 89.0 Å². The van der Waals surface area contributed by atoms with E-state index >= 15 is 0 Å². The lowest BCUT2D eigenvalue weighted by molar-refractivity contribution is 0.293. The highest BCUT2D eigenvalue weighted by molar-refractivity contribution is 5.58. The summed E-state index contributed by atoms with van der Waals surface area (Å²) < 4.78 is 0. The number of fused-ring (bicyclic) bond motifs is 1. The molecule has 36 heavy (non-hydrogen) atoms. The van der Waals surface area contributed by atoms with Gasteiger partial charge in [-0.15, -0.1) is 0 Å². The third-order valence-corrected chi connectivity index (χ3v) is 9.67. The van der Waals surface area contributed by atoms with Gasteiger partial charge in [0, 0.05) is 11.5 Å². The maximum absolute atomic E-state index is 3.63. The third-order valence-electron chi connectivity index (χ3n) is 9.67. The van der Waals surface area contributed by atoms with Gasteiger partial charge in [0.2, 0.25) is 0 Å². The molecule has 2 fully saturated rings. The minimum Gasteiger partial charge on any atom is -0.311 e. The van der Waals surface area contributed by atoms with Crippen molar-refractivity contribution in [3.63, 3.8) is 0 Å². The smallest absolute Gasteiger partial charge is 0.0302 e. The molecule has 0 aromatic heterocycles. The van der Waals surface area contributed by atoms with Crippen molar-refractivity contribution in [2.24, 2.45) is 11.3 Å². The van der Waals surface area contributed by atoms with Gasteiger partial charge >= 0.3 is 0 Å². The van der Waals surface area contributed by atoms with Crippen LogP contribution in [-0.2, 0) is 12.8 Å². The van der Waals surface area contributed by atoms with Crippen LogP contribution in [0.4, 0.5) is 0 Å². The van der Waals surface area contributed by atoms with Crippen LogP contribution >= 0.6 is 0 Å². The lowest BCUT2D eigenvalue weighted by Gasteiger charge is -2.35. The van der Waals surface area contributed by atoms with Crippen molar-refractivity contribution in [3.05, 3.63) is 106 Å². The normalized spacial score (nSPS) is 27.5. The highest BCUT2D eigenvalue weighted by Gasteiger charge is 2.44. The molecule has 0 radical (unpaired) electrons. The van der Waals surface area contributed by atoms with E-state index in [1.54, 1.807) is 16.7 Å². The molecule has 4 aliphatic rings. The fraction of sp³-hybridized carbons (Fsp3) is 0.486. The van der Waals surface area contributed by atoms with Gasteiger partial charge in [0.15, 0.2) is 0 Å². The molecule has 0 aliphatic heterocycles. The number of hydrogen-bond acceptors (Lipinski definition) is 1. The lowest BCUT2D eigenvalue weighted by Crippen LogP contribution is -2.29. The number of aryl methyl sites for hydroxylation is 1. The summed E-state index contributed by atoms with van der Waals surface area (Å²) in [4.78, 5) is 0. The fourth-order valence-electron chi connectivity index (χ4n) is 6.70. The predicted molar refractivity (Wildman–Crippen MR) is 154 cm³/mol. The maximum Gasteiger partial charge on any atom is 0.0302 e. The Bertz CT molecular complexity index is 1180. The second-order valence-corrected chi connectivity index (χ2v) is 12.3. The number of nitrogens with one attached hydrogen (secondary N) is 1. The van der Waals surface area contributed by atoms with Crippen LogP contribution in [0.5, 0.6) is 0 Å². The van der Waals surface area contributed by atoms with Gasteiger partial charge in [0.25, 0.3) is 0 Å². The van der Waals surface area contributed by atoms with Crippen LogP contribution in [-0.4, -0.2) is 12.1 Å². The lowest BCUT2D eigenvalue weighted by atomic mass is 9.69. The van der Waals surface area contributed by atoms with Crippen molar-refractivity contribution in [1.82, 2.24) is 5.32 Å². The molecule has 0 heterocycles. The van der Waals surface area contributed by atoms with Crippen LogP contribution in [0.3, 0.4) is 0 Å². The average Bonchev–Trinajstić information content (AvgIpc) is 3.43. The first-order valence-electron chi connectivity index (χ1n) is 14.3. The molecule has 3 atom stereocenters. The van der Waals surface area contributed by atoms with Gasteiger partial charge in [0.05, 0.1) is 0 Å². The number of hydrogen-bond donors (Lipinski definition) is 1. The van der Waals surface area contributed by atoms with Gasteiger partial charge in [-0.2, -0.15) is 0 Å². The Labute approximate surface area is 219 Å². The Kier molecular flexibility index (Phi) is 7.14. The Hall–Kier alpha value is -2.38. The second kappa shape index (κ2) is 10.2. The fourth-order valence-corrected chi connectivity index (χ4v) is 6.70. The zero-order valence-electron chi connectivity index (χ0n) is 23.2. The summed E-state index contributed by atoms with van der Waals surface area (Å²) in [5.74, 6) is 1.32. The predicted octanol–water partition coefficient (Wildman–Crippen LogP) is 8.73. The first-order valence-corrected chi connectivity index (χ1v) is 14.3. The molecule has 1 N–H and O–H groups in total. The Morgan fingerprint density at radius 2 is 1.61 bits per heavy atom. The molecule has 1 heteroatoms. The molecule has 6 rings (SSSR count). The maximum atomic E-state index is 3.63. The molecule has 190 valence electrons. The molecule has 0 bridgehead atoms. The van der Waals surface area contributed by atoms with Gasteiger partial charge in [-0.05, 0) is 105 Å². The first kappa shape index (κ1) is 25.3. The van der Waals surface area contributed by atoms with Crippen molar-refractivity contribution in [1.29, 1.82) is 0 Å². The van der Waals surface area contributed by atoms with Crippen molar-refractivity contribution >= 4 is 0 Å². The molecule has 2 aromatic carbocycles. The zero-order chi connectivity index (χ0) is 25.3. The molecule has 0 saturated heterocycles. The zero-order valence-corrected chi connectivity index (χ0v) is 23.2. The van der Waals surface area contributed by atoms with Crippen molar-refractivity contribution in [2.75, 3.05) is 6.54 Å². The Balaban J connectivity index is 0.000000157. The van der Waals surface area contributed by atoms with E-state index in [2.05, 4.69) is 107 Å². The summed E-state index contributed by atoms with van der Waals surface area (Å²) >= 11 is 0. The summed E-state index contributed by atoms with van der Waals surface area (Å²) in [5, 5.41) is 3.63. The monoisotopic (exact) mass is 479 g/mol. The van der Waals surface area contributed by atoms with E-state index in [-0.39, 0.29) is 0 Å². The van der Waals surface area contributed by atoms with Crippen LogP contribution in [0.25, 0.3) is 0 Å². The molecular formula is C35H45N. The first-order chi connectivity index (χ1) is 17.3. The van der Waals surface area contributed by atoms with Crippen molar-refractivity contribution in [3.8, 4) is 0 Å². The Morgan fingerprint density at radius 3 is 2.31 bits per heavy atom. The molecular weight excluding hydrogens is 434 g/mol. The van der Waals surface area contributed by atoms with Crippen LogP contribution in [0.1, 0.15) is 89.3 Å². The average molecular weight is 480 g/mol. The minimum absolute atomic E-state index is 0.418. The molecule has 3 unspecified atom stereocenters. The highest BCUT2D eigenvalue weighted by atomic mass is 15.0. The van der Waals surface area contributed by atoms with Crippen LogP contribution in [0, 0.1) is 11.3 Å². The quantitative estimate of drug-likeness (QED) is 0.437. The van der Waals surface area contributed by atoms with Gasteiger partial charge in [0.1, 0.15) is 0 Å². The molecule has 0 spiro atoms. The molecule has 4 aliphatic carbocycles. The van der Waals surface area contributed by atoms with Gasteiger partial charge in [-0.3, -0.25) is 0 Å². The summed E-state index contributed by atoms with van der Waals surface area (Å²) in [6, 6.07) is 19.8. The van der Waals surface area contributed by atoms with E-state index in [1.165, 1.54) is 60.8 Å². The third kappa shape index (κ3) is 5.05. The van der Waals surface area contributed by atoms with E-state index < -0.39 is 0 Å². The summed E-state index contributed by atoms with van der Waals surface area (Å²) in [5.41, 5.74) is 11.8. The molecule has 2 saturated carbocycles. The van der Waals surface area contributed by atoms with Gasteiger partial charge < -0.3 is 5.32 Å². The van der Waals surface area contributed by atoms with E-state index in [0.717, 1.165) is 18.9 Å². The second-order valence-electron chi connectivity index (χ2n) is 12.3. The number of rotatable bonds is 6. The molecule has 2 aromatic rings. The van der Waals surface area contributed by atoms with Crippen molar-refractivity contribution < 1.29 is 0 Å². The van der Waals surface area contributed by atoms with E-state index in [1.807, 2.05) is 0 Å². The van der Waals surface area contributed by atoms with Crippen LogP contribution < -0.4 is 5.32 Å². The molecule has 0 amide bonds. The summed E-state index contributed by atoms with van der Waals surface area (Å²) in [6.07, 6.45) is 14.0. The number of allylic oxidation sites excluding steroid dienone is 6.